The maximum Gasteiger partial charge on any atom is 0.273 e. The number of nitrogens with zero attached hydrogens (tertiary/aromatic N) is 3. The molecule has 0 atom stereocenters. The normalized spacial score (nSPS) is 10.3. The van der Waals surface area contributed by atoms with Gasteiger partial charge in [0.05, 0.1) is 10.9 Å². The first kappa shape index (κ1) is 13.8. The van der Waals surface area contributed by atoms with Crippen molar-refractivity contribution in [2.75, 3.05) is 19.4 Å². The van der Waals surface area contributed by atoms with Crippen LogP contribution in [0.25, 0.3) is 0 Å². The van der Waals surface area contributed by atoms with Crippen molar-refractivity contribution in [1.29, 1.82) is 0 Å². The number of anilines is 1. The fourth-order valence-corrected chi connectivity index (χ4v) is 2.42. The van der Waals surface area contributed by atoms with E-state index in [-0.39, 0.29) is 5.91 Å². The van der Waals surface area contributed by atoms with E-state index < -0.39 is 0 Å². The quantitative estimate of drug-likeness (QED) is 0.942. The van der Waals surface area contributed by atoms with E-state index in [0.29, 0.717) is 18.1 Å². The van der Waals surface area contributed by atoms with Crippen LogP contribution in [0.2, 0.25) is 4.34 Å². The van der Waals surface area contributed by atoms with Gasteiger partial charge in [-0.15, -0.1) is 21.5 Å². The van der Waals surface area contributed by atoms with Crippen LogP contribution in [0.1, 0.15) is 15.4 Å². The first-order valence-electron chi connectivity index (χ1n) is 5.60. The minimum atomic E-state index is -0.163. The largest absolute Gasteiger partial charge is 0.364 e. The molecule has 0 aliphatic rings. The van der Waals surface area contributed by atoms with Crippen LogP contribution in [0.3, 0.4) is 0 Å². The van der Waals surface area contributed by atoms with Crippen molar-refractivity contribution in [1.82, 2.24) is 15.1 Å². The third-order valence-electron chi connectivity index (χ3n) is 2.36. The molecule has 100 valence electrons. The molecule has 19 heavy (non-hydrogen) atoms. The van der Waals surface area contributed by atoms with E-state index in [9.17, 15) is 4.79 Å². The van der Waals surface area contributed by atoms with Crippen LogP contribution in [0, 0.1) is 0 Å². The van der Waals surface area contributed by atoms with Crippen molar-refractivity contribution in [3.8, 4) is 0 Å². The van der Waals surface area contributed by atoms with Gasteiger partial charge in [0.2, 0.25) is 0 Å². The summed E-state index contributed by atoms with van der Waals surface area (Å²) >= 11 is 7.36. The summed E-state index contributed by atoms with van der Waals surface area (Å²) < 4.78 is 0.759. The standard InChI is InChI=1S/C12H13ClN4OS/c1-17(2)12(18)9-4-6-11(16-15-9)14-7-8-3-5-10(13)19-8/h3-6H,7H2,1-2H3,(H,14,16). The maximum atomic E-state index is 11.6. The third-order valence-corrected chi connectivity index (χ3v) is 3.59. The van der Waals surface area contributed by atoms with E-state index in [1.54, 1.807) is 26.2 Å². The second-order valence-corrected chi connectivity index (χ2v) is 5.86. The summed E-state index contributed by atoms with van der Waals surface area (Å²) in [5, 5.41) is 11.0. The van der Waals surface area contributed by atoms with Crippen LogP contribution in [0.15, 0.2) is 24.3 Å². The number of nitrogens with one attached hydrogen (secondary N) is 1. The molecule has 7 heteroatoms. The lowest BCUT2D eigenvalue weighted by atomic mass is 10.3. The molecule has 0 unspecified atom stereocenters. The molecule has 0 fully saturated rings. The van der Waals surface area contributed by atoms with Gasteiger partial charge in [-0.2, -0.15) is 0 Å². The summed E-state index contributed by atoms with van der Waals surface area (Å²) in [6.07, 6.45) is 0. The fraction of sp³-hybridized carbons (Fsp3) is 0.250. The number of rotatable bonds is 4. The van der Waals surface area contributed by atoms with E-state index in [4.69, 9.17) is 11.6 Å². The highest BCUT2D eigenvalue weighted by Gasteiger charge is 2.09. The second kappa shape index (κ2) is 5.99. The van der Waals surface area contributed by atoms with Gasteiger partial charge in [-0.05, 0) is 24.3 Å². The minimum Gasteiger partial charge on any atom is -0.364 e. The molecule has 0 bridgehead atoms. The Morgan fingerprint density at radius 2 is 2.11 bits per heavy atom. The smallest absolute Gasteiger partial charge is 0.273 e. The molecule has 5 nitrogen and oxygen atoms in total. The van der Waals surface area contributed by atoms with Crippen LogP contribution >= 0.6 is 22.9 Å². The highest BCUT2D eigenvalue weighted by molar-refractivity contribution is 7.16. The molecule has 0 aromatic carbocycles. The van der Waals surface area contributed by atoms with Crippen LogP contribution in [0.5, 0.6) is 0 Å². The Morgan fingerprint density at radius 3 is 2.63 bits per heavy atom. The molecule has 0 saturated heterocycles. The first-order chi connectivity index (χ1) is 9.06. The van der Waals surface area contributed by atoms with E-state index in [0.717, 1.165) is 9.21 Å². The summed E-state index contributed by atoms with van der Waals surface area (Å²) in [6.45, 7) is 0.632. The van der Waals surface area contributed by atoms with Gasteiger partial charge < -0.3 is 10.2 Å². The Morgan fingerprint density at radius 1 is 1.32 bits per heavy atom. The molecule has 2 aromatic rings. The zero-order chi connectivity index (χ0) is 13.8. The van der Waals surface area contributed by atoms with Gasteiger partial charge >= 0.3 is 0 Å². The molecule has 1 N–H and O–H groups in total. The molecule has 0 aliphatic heterocycles. The molecule has 0 spiro atoms. The molecule has 2 heterocycles. The molecular weight excluding hydrogens is 284 g/mol. The maximum absolute atomic E-state index is 11.6. The lowest BCUT2D eigenvalue weighted by molar-refractivity contribution is 0.0821. The van der Waals surface area contributed by atoms with Crippen molar-refractivity contribution in [2.24, 2.45) is 0 Å². The van der Waals surface area contributed by atoms with Crippen LogP contribution < -0.4 is 5.32 Å². The molecule has 2 rings (SSSR count). The van der Waals surface area contributed by atoms with Crippen molar-refractivity contribution in [2.45, 2.75) is 6.54 Å². The number of thiophene rings is 1. The predicted molar refractivity (Wildman–Crippen MR) is 76.7 cm³/mol. The third kappa shape index (κ3) is 3.65. The lowest BCUT2D eigenvalue weighted by Crippen LogP contribution is -2.23. The van der Waals surface area contributed by atoms with E-state index >= 15 is 0 Å². The van der Waals surface area contributed by atoms with E-state index in [2.05, 4.69) is 15.5 Å². The molecule has 0 aliphatic carbocycles. The zero-order valence-corrected chi connectivity index (χ0v) is 12.1. The molecule has 1 amide bonds. The van der Waals surface area contributed by atoms with Crippen molar-refractivity contribution >= 4 is 34.7 Å². The number of amides is 1. The Hall–Kier alpha value is -1.66. The first-order valence-corrected chi connectivity index (χ1v) is 6.79. The summed E-state index contributed by atoms with van der Waals surface area (Å²) in [5.41, 5.74) is 0.328. The minimum absolute atomic E-state index is 0.163. The summed E-state index contributed by atoms with van der Waals surface area (Å²) in [5.74, 6) is 0.462. The van der Waals surface area contributed by atoms with Gasteiger partial charge in [0, 0.05) is 19.0 Å². The Balaban J connectivity index is 1.97. The lowest BCUT2D eigenvalue weighted by Gasteiger charge is -2.09. The number of hydrogen-bond donors (Lipinski definition) is 1. The summed E-state index contributed by atoms with van der Waals surface area (Å²) in [4.78, 5) is 14.2. The number of hydrogen-bond acceptors (Lipinski definition) is 5. The average Bonchev–Trinajstić information content (AvgIpc) is 2.82. The summed E-state index contributed by atoms with van der Waals surface area (Å²) in [6, 6.07) is 7.20. The number of halogens is 1. The Bertz CT molecular complexity index is 567. The molecule has 0 saturated carbocycles. The number of aromatic nitrogens is 2. The molecule has 2 aromatic heterocycles. The van der Waals surface area contributed by atoms with Crippen LogP contribution in [-0.4, -0.2) is 35.1 Å². The van der Waals surface area contributed by atoms with Gasteiger partial charge in [0.15, 0.2) is 5.69 Å². The number of carbonyl (C=O) groups excluding carboxylic acids is 1. The van der Waals surface area contributed by atoms with Crippen LogP contribution in [0.4, 0.5) is 5.82 Å². The predicted octanol–water partition coefficient (Wildman–Crippen LogP) is 2.51. The number of carbonyl (C=O) groups is 1. The molecular formula is C12H13ClN4OS. The highest BCUT2D eigenvalue weighted by Crippen LogP contribution is 2.21. The Labute approximate surface area is 120 Å². The van der Waals surface area contributed by atoms with Crippen LogP contribution in [-0.2, 0) is 6.54 Å². The van der Waals surface area contributed by atoms with Gasteiger partial charge in [-0.3, -0.25) is 4.79 Å². The van der Waals surface area contributed by atoms with Gasteiger partial charge in [-0.25, -0.2) is 0 Å². The van der Waals surface area contributed by atoms with Crippen molar-refractivity contribution < 1.29 is 4.79 Å². The van der Waals surface area contributed by atoms with E-state index in [1.807, 2.05) is 12.1 Å². The van der Waals surface area contributed by atoms with E-state index in [1.165, 1.54) is 16.2 Å². The topological polar surface area (TPSA) is 58.1 Å². The summed E-state index contributed by atoms with van der Waals surface area (Å²) in [7, 11) is 3.35. The van der Waals surface area contributed by atoms with Gasteiger partial charge in [0.25, 0.3) is 5.91 Å². The highest BCUT2D eigenvalue weighted by atomic mass is 35.5. The van der Waals surface area contributed by atoms with Gasteiger partial charge in [-0.1, -0.05) is 11.6 Å². The fourth-order valence-electron chi connectivity index (χ4n) is 1.39. The average molecular weight is 297 g/mol. The zero-order valence-electron chi connectivity index (χ0n) is 10.6. The molecule has 0 radical (unpaired) electrons. The van der Waals surface area contributed by atoms with Gasteiger partial charge in [0.1, 0.15) is 5.82 Å². The SMILES string of the molecule is CN(C)C(=O)c1ccc(NCc2ccc(Cl)s2)nn1. The monoisotopic (exact) mass is 296 g/mol. The van der Waals surface area contributed by atoms with Crippen molar-refractivity contribution in [3.63, 3.8) is 0 Å². The Kier molecular flexibility index (Phi) is 4.34. The van der Waals surface area contributed by atoms with Crippen molar-refractivity contribution in [3.05, 3.63) is 39.2 Å². The second-order valence-electron chi connectivity index (χ2n) is 4.06.